The SMILES string of the molecule is CCNC(=O)c1cc(S(=O)(=O)NCc2cccc(CN3CCOCC3)c2)ccc1OC. The van der Waals surface area contributed by atoms with Crippen molar-refractivity contribution in [3.05, 3.63) is 59.2 Å². The lowest BCUT2D eigenvalue weighted by atomic mass is 10.1. The minimum atomic E-state index is -3.81. The average molecular weight is 448 g/mol. The van der Waals surface area contributed by atoms with Crippen LogP contribution in [0.4, 0.5) is 0 Å². The molecule has 0 spiro atoms. The smallest absolute Gasteiger partial charge is 0.255 e. The van der Waals surface area contributed by atoms with Crippen molar-refractivity contribution in [2.24, 2.45) is 0 Å². The van der Waals surface area contributed by atoms with Gasteiger partial charge in [-0.2, -0.15) is 0 Å². The zero-order valence-corrected chi connectivity index (χ0v) is 18.7. The van der Waals surface area contributed by atoms with Crippen LogP contribution >= 0.6 is 0 Å². The molecule has 1 fully saturated rings. The summed E-state index contributed by atoms with van der Waals surface area (Å²) in [4.78, 5) is 14.6. The highest BCUT2D eigenvalue weighted by Crippen LogP contribution is 2.23. The predicted octanol–water partition coefficient (Wildman–Crippen LogP) is 1.76. The number of morpholine rings is 1. The Balaban J connectivity index is 1.70. The lowest BCUT2D eigenvalue weighted by molar-refractivity contribution is 0.0342. The van der Waals surface area contributed by atoms with Crippen LogP contribution in [0, 0.1) is 0 Å². The van der Waals surface area contributed by atoms with E-state index in [9.17, 15) is 13.2 Å². The fourth-order valence-electron chi connectivity index (χ4n) is 3.40. The first-order chi connectivity index (χ1) is 14.9. The van der Waals surface area contributed by atoms with Crippen LogP contribution in [0.15, 0.2) is 47.4 Å². The summed E-state index contributed by atoms with van der Waals surface area (Å²) < 4.78 is 38.9. The third-order valence-electron chi connectivity index (χ3n) is 5.03. The summed E-state index contributed by atoms with van der Waals surface area (Å²) in [5.41, 5.74) is 2.17. The fraction of sp³-hybridized carbons (Fsp3) is 0.409. The van der Waals surface area contributed by atoms with E-state index in [1.807, 2.05) is 24.3 Å². The van der Waals surface area contributed by atoms with Gasteiger partial charge in [0.05, 0.1) is 30.8 Å². The van der Waals surface area contributed by atoms with E-state index in [0.717, 1.165) is 44.0 Å². The predicted molar refractivity (Wildman–Crippen MR) is 118 cm³/mol. The van der Waals surface area contributed by atoms with Gasteiger partial charge in [0.15, 0.2) is 0 Å². The number of nitrogens with zero attached hydrogens (tertiary/aromatic N) is 1. The number of carbonyl (C=O) groups is 1. The molecule has 0 atom stereocenters. The van der Waals surface area contributed by atoms with Gasteiger partial charge in [0.1, 0.15) is 5.75 Å². The summed E-state index contributed by atoms with van der Waals surface area (Å²) in [6.07, 6.45) is 0. The van der Waals surface area contributed by atoms with Gasteiger partial charge in [0.2, 0.25) is 10.0 Å². The van der Waals surface area contributed by atoms with Crippen molar-refractivity contribution in [3.63, 3.8) is 0 Å². The Bertz CT molecular complexity index is 1000. The molecule has 1 amide bonds. The largest absolute Gasteiger partial charge is 0.496 e. The molecule has 0 bridgehead atoms. The summed E-state index contributed by atoms with van der Waals surface area (Å²) in [6, 6.07) is 12.1. The highest BCUT2D eigenvalue weighted by atomic mass is 32.2. The van der Waals surface area contributed by atoms with E-state index in [2.05, 4.69) is 14.9 Å². The first-order valence-corrected chi connectivity index (χ1v) is 11.7. The van der Waals surface area contributed by atoms with Crippen LogP contribution in [0.5, 0.6) is 5.75 Å². The molecular formula is C22H29N3O5S. The van der Waals surface area contributed by atoms with Gasteiger partial charge in [0, 0.05) is 32.7 Å². The Kier molecular flexibility index (Phi) is 8.03. The first-order valence-electron chi connectivity index (χ1n) is 10.3. The molecule has 168 valence electrons. The molecular weight excluding hydrogens is 418 g/mol. The Morgan fingerprint density at radius 1 is 1.13 bits per heavy atom. The summed E-state index contributed by atoms with van der Waals surface area (Å²) in [5, 5.41) is 2.67. The molecule has 0 aromatic heterocycles. The summed E-state index contributed by atoms with van der Waals surface area (Å²) in [7, 11) is -2.37. The zero-order chi connectivity index (χ0) is 22.3. The Morgan fingerprint density at radius 3 is 2.58 bits per heavy atom. The lowest BCUT2D eigenvalue weighted by Crippen LogP contribution is -2.35. The molecule has 9 heteroatoms. The molecule has 0 unspecified atom stereocenters. The molecule has 2 N–H and O–H groups in total. The molecule has 0 aliphatic carbocycles. The van der Waals surface area contributed by atoms with Crippen LogP contribution in [-0.2, 0) is 27.8 Å². The fourth-order valence-corrected chi connectivity index (χ4v) is 4.45. The van der Waals surface area contributed by atoms with Gasteiger partial charge in [-0.1, -0.05) is 24.3 Å². The number of benzene rings is 2. The van der Waals surface area contributed by atoms with E-state index in [0.29, 0.717) is 12.3 Å². The van der Waals surface area contributed by atoms with E-state index in [1.165, 1.54) is 25.3 Å². The molecule has 3 rings (SSSR count). The van der Waals surface area contributed by atoms with Gasteiger partial charge in [-0.15, -0.1) is 0 Å². The molecule has 0 radical (unpaired) electrons. The molecule has 2 aromatic rings. The van der Waals surface area contributed by atoms with Crippen molar-refractivity contribution < 1.29 is 22.7 Å². The van der Waals surface area contributed by atoms with E-state index in [1.54, 1.807) is 6.92 Å². The number of nitrogens with one attached hydrogen (secondary N) is 2. The topological polar surface area (TPSA) is 97.0 Å². The van der Waals surface area contributed by atoms with E-state index < -0.39 is 10.0 Å². The number of hydrogen-bond acceptors (Lipinski definition) is 6. The number of hydrogen-bond donors (Lipinski definition) is 2. The summed E-state index contributed by atoms with van der Waals surface area (Å²) >= 11 is 0. The van der Waals surface area contributed by atoms with Crippen molar-refractivity contribution in [2.45, 2.75) is 24.9 Å². The number of methoxy groups -OCH3 is 1. The van der Waals surface area contributed by atoms with Gasteiger partial charge in [-0.25, -0.2) is 13.1 Å². The highest BCUT2D eigenvalue weighted by molar-refractivity contribution is 7.89. The minimum Gasteiger partial charge on any atom is -0.496 e. The zero-order valence-electron chi connectivity index (χ0n) is 17.9. The number of ether oxygens (including phenoxy) is 2. The van der Waals surface area contributed by atoms with Crippen LogP contribution in [0.3, 0.4) is 0 Å². The average Bonchev–Trinajstić information content (AvgIpc) is 2.78. The quantitative estimate of drug-likeness (QED) is 0.608. The number of sulfonamides is 1. The van der Waals surface area contributed by atoms with Crippen LogP contribution in [0.25, 0.3) is 0 Å². The third kappa shape index (κ3) is 6.27. The molecule has 1 heterocycles. The van der Waals surface area contributed by atoms with Crippen molar-refractivity contribution >= 4 is 15.9 Å². The molecule has 0 saturated carbocycles. The monoisotopic (exact) mass is 447 g/mol. The molecule has 1 saturated heterocycles. The maximum atomic E-state index is 12.8. The summed E-state index contributed by atoms with van der Waals surface area (Å²) in [5.74, 6) is -0.0621. The second-order valence-corrected chi connectivity index (χ2v) is 9.02. The van der Waals surface area contributed by atoms with Gasteiger partial charge >= 0.3 is 0 Å². The maximum absolute atomic E-state index is 12.8. The molecule has 8 nitrogen and oxygen atoms in total. The Hall–Kier alpha value is -2.46. The molecule has 2 aromatic carbocycles. The van der Waals surface area contributed by atoms with Crippen LogP contribution in [-0.4, -0.2) is 59.2 Å². The lowest BCUT2D eigenvalue weighted by Gasteiger charge is -2.26. The van der Waals surface area contributed by atoms with Gasteiger partial charge in [0.25, 0.3) is 5.91 Å². The van der Waals surface area contributed by atoms with Crippen molar-refractivity contribution in [3.8, 4) is 5.75 Å². The second kappa shape index (κ2) is 10.7. The van der Waals surface area contributed by atoms with Crippen LogP contribution in [0.2, 0.25) is 0 Å². The summed E-state index contributed by atoms with van der Waals surface area (Å²) in [6.45, 7) is 6.43. The van der Waals surface area contributed by atoms with Crippen LogP contribution in [0.1, 0.15) is 28.4 Å². The van der Waals surface area contributed by atoms with Gasteiger partial charge in [-0.3, -0.25) is 9.69 Å². The van der Waals surface area contributed by atoms with Gasteiger partial charge < -0.3 is 14.8 Å². The van der Waals surface area contributed by atoms with E-state index >= 15 is 0 Å². The van der Waals surface area contributed by atoms with E-state index in [4.69, 9.17) is 9.47 Å². The number of amides is 1. The maximum Gasteiger partial charge on any atom is 0.255 e. The van der Waals surface area contributed by atoms with Crippen molar-refractivity contribution in [1.82, 2.24) is 14.9 Å². The molecule has 31 heavy (non-hydrogen) atoms. The Morgan fingerprint density at radius 2 is 1.87 bits per heavy atom. The molecule has 1 aliphatic rings. The van der Waals surface area contributed by atoms with E-state index in [-0.39, 0.29) is 22.9 Å². The standard InChI is InChI=1S/C22H29N3O5S/c1-3-23-22(26)20-14-19(7-8-21(20)29-2)31(27,28)24-15-17-5-4-6-18(13-17)16-25-9-11-30-12-10-25/h4-8,13-14,24H,3,9-12,15-16H2,1-2H3,(H,23,26). The van der Waals surface area contributed by atoms with Crippen LogP contribution < -0.4 is 14.8 Å². The normalized spacial score (nSPS) is 14.9. The number of carbonyl (C=O) groups excluding carboxylic acids is 1. The minimum absolute atomic E-state index is 0.0130. The molecule has 1 aliphatic heterocycles. The number of rotatable bonds is 9. The second-order valence-electron chi connectivity index (χ2n) is 7.25. The first kappa shape index (κ1) is 23.2. The Labute approximate surface area is 183 Å². The van der Waals surface area contributed by atoms with Gasteiger partial charge in [-0.05, 0) is 36.2 Å². The van der Waals surface area contributed by atoms with Crippen molar-refractivity contribution in [2.75, 3.05) is 40.0 Å². The third-order valence-corrected chi connectivity index (χ3v) is 6.43. The highest BCUT2D eigenvalue weighted by Gasteiger charge is 2.20. The van der Waals surface area contributed by atoms with Crippen molar-refractivity contribution in [1.29, 1.82) is 0 Å².